The molecule has 1 heterocycles. The van der Waals surface area contributed by atoms with Crippen LogP contribution in [0, 0.1) is 17.1 Å². The Hall–Kier alpha value is -2.85. The van der Waals surface area contributed by atoms with Crippen LogP contribution in [0.15, 0.2) is 58.5 Å². The maximum atomic E-state index is 13.7. The van der Waals surface area contributed by atoms with E-state index in [1.165, 1.54) is 18.2 Å². The highest BCUT2D eigenvalue weighted by atomic mass is 32.2. The van der Waals surface area contributed by atoms with Gasteiger partial charge in [0.05, 0.1) is 23.4 Å². The third-order valence-electron chi connectivity index (χ3n) is 3.46. The van der Waals surface area contributed by atoms with Gasteiger partial charge in [0.25, 0.3) is 0 Å². The number of fused-ring (bicyclic) bond motifs is 1. The summed E-state index contributed by atoms with van der Waals surface area (Å²) >= 11 is 0. The van der Waals surface area contributed by atoms with E-state index < -0.39 is 20.6 Å². The van der Waals surface area contributed by atoms with Crippen molar-refractivity contribution in [1.29, 1.82) is 5.26 Å². The molecule has 0 aromatic heterocycles. The van der Waals surface area contributed by atoms with Crippen LogP contribution in [0.5, 0.6) is 5.75 Å². The predicted molar refractivity (Wildman–Crippen MR) is 82.4 cm³/mol. The van der Waals surface area contributed by atoms with Crippen LogP contribution in [0.3, 0.4) is 0 Å². The van der Waals surface area contributed by atoms with Gasteiger partial charge in [-0.25, -0.2) is 12.8 Å². The lowest BCUT2D eigenvalue weighted by Gasteiger charge is -2.28. The second-order valence-electron chi connectivity index (χ2n) is 4.76. The molecule has 7 heteroatoms. The Kier molecular flexibility index (Phi) is 3.54. The van der Waals surface area contributed by atoms with E-state index in [0.717, 1.165) is 18.2 Å². The summed E-state index contributed by atoms with van der Waals surface area (Å²) in [6.45, 7) is 0. The SMILES string of the molecule is COc1ccccc1N1C=C(C#N)S(=O)(=O)c2ccc(F)cc21. The number of hydrogen-bond acceptors (Lipinski definition) is 5. The van der Waals surface area contributed by atoms with Crippen molar-refractivity contribution in [1.82, 2.24) is 0 Å². The normalized spacial score (nSPS) is 15.3. The van der Waals surface area contributed by atoms with Gasteiger partial charge in [-0.05, 0) is 30.3 Å². The minimum atomic E-state index is -3.96. The van der Waals surface area contributed by atoms with E-state index in [2.05, 4.69) is 0 Å². The monoisotopic (exact) mass is 330 g/mol. The van der Waals surface area contributed by atoms with E-state index in [-0.39, 0.29) is 10.6 Å². The molecular weight excluding hydrogens is 319 g/mol. The Morgan fingerprint density at radius 2 is 1.91 bits per heavy atom. The van der Waals surface area contributed by atoms with Gasteiger partial charge in [0.1, 0.15) is 17.6 Å². The number of nitrogens with zero attached hydrogens (tertiary/aromatic N) is 2. The molecule has 0 radical (unpaired) electrons. The van der Waals surface area contributed by atoms with Gasteiger partial charge < -0.3 is 9.64 Å². The van der Waals surface area contributed by atoms with Crippen LogP contribution in [0.1, 0.15) is 0 Å². The molecule has 23 heavy (non-hydrogen) atoms. The zero-order valence-electron chi connectivity index (χ0n) is 12.0. The van der Waals surface area contributed by atoms with Gasteiger partial charge in [-0.2, -0.15) is 5.26 Å². The van der Waals surface area contributed by atoms with Crippen molar-refractivity contribution in [2.24, 2.45) is 0 Å². The van der Waals surface area contributed by atoms with Crippen LogP contribution >= 0.6 is 0 Å². The first-order valence-corrected chi connectivity index (χ1v) is 8.06. The zero-order valence-corrected chi connectivity index (χ0v) is 12.8. The molecule has 0 bridgehead atoms. The third-order valence-corrected chi connectivity index (χ3v) is 5.16. The number of benzene rings is 2. The molecule has 0 aliphatic carbocycles. The largest absolute Gasteiger partial charge is 0.495 e. The van der Waals surface area contributed by atoms with Crippen molar-refractivity contribution in [3.8, 4) is 11.8 Å². The Morgan fingerprint density at radius 3 is 2.61 bits per heavy atom. The van der Waals surface area contributed by atoms with Crippen molar-refractivity contribution in [3.63, 3.8) is 0 Å². The van der Waals surface area contributed by atoms with Crippen molar-refractivity contribution in [3.05, 3.63) is 59.4 Å². The number of hydrogen-bond donors (Lipinski definition) is 0. The topological polar surface area (TPSA) is 70.4 Å². The van der Waals surface area contributed by atoms with E-state index in [1.54, 1.807) is 30.3 Å². The predicted octanol–water partition coefficient (Wildman–Crippen LogP) is 3.12. The number of sulfone groups is 1. The average molecular weight is 330 g/mol. The fourth-order valence-corrected chi connectivity index (χ4v) is 3.68. The highest BCUT2D eigenvalue weighted by molar-refractivity contribution is 7.95. The van der Waals surface area contributed by atoms with Gasteiger partial charge in [0.2, 0.25) is 9.84 Å². The summed E-state index contributed by atoms with van der Waals surface area (Å²) in [4.78, 5) is 0.906. The van der Waals surface area contributed by atoms with E-state index in [0.29, 0.717) is 11.4 Å². The van der Waals surface area contributed by atoms with Crippen LogP contribution in [0.4, 0.5) is 15.8 Å². The molecule has 1 aliphatic heterocycles. The van der Waals surface area contributed by atoms with E-state index in [9.17, 15) is 12.8 Å². The summed E-state index contributed by atoms with van der Waals surface area (Å²) in [7, 11) is -2.49. The summed E-state index contributed by atoms with van der Waals surface area (Å²) in [5, 5.41) is 9.17. The minimum absolute atomic E-state index is 0.121. The molecule has 2 aromatic carbocycles. The molecule has 2 aromatic rings. The number of nitriles is 1. The van der Waals surface area contributed by atoms with Crippen molar-refractivity contribution >= 4 is 21.2 Å². The van der Waals surface area contributed by atoms with Crippen molar-refractivity contribution in [2.75, 3.05) is 12.0 Å². The Bertz CT molecular complexity index is 962. The Labute approximate surface area is 132 Å². The van der Waals surface area contributed by atoms with Gasteiger partial charge >= 0.3 is 0 Å². The van der Waals surface area contributed by atoms with Crippen molar-refractivity contribution < 1.29 is 17.5 Å². The Morgan fingerprint density at radius 1 is 1.17 bits per heavy atom. The van der Waals surface area contributed by atoms with Crippen LogP contribution < -0.4 is 9.64 Å². The number of halogens is 1. The lowest BCUT2D eigenvalue weighted by molar-refractivity contribution is 0.416. The van der Waals surface area contributed by atoms with Gasteiger partial charge in [-0.15, -0.1) is 0 Å². The number of anilines is 2. The molecule has 0 fully saturated rings. The fraction of sp³-hybridized carbons (Fsp3) is 0.0625. The molecule has 1 aliphatic rings. The van der Waals surface area contributed by atoms with E-state index >= 15 is 0 Å². The standard InChI is InChI=1S/C16H11FN2O3S/c1-22-15-5-3-2-4-13(15)19-10-12(9-18)23(20,21)16-7-6-11(17)8-14(16)19/h2-8,10H,1H3. The smallest absolute Gasteiger partial charge is 0.220 e. The summed E-state index contributed by atoms with van der Waals surface area (Å²) in [6, 6.07) is 11.9. The second-order valence-corrected chi connectivity index (χ2v) is 6.65. The lowest BCUT2D eigenvalue weighted by atomic mass is 10.2. The summed E-state index contributed by atoms with van der Waals surface area (Å²) in [5.74, 6) is -0.108. The molecule has 5 nitrogen and oxygen atoms in total. The molecule has 3 rings (SSSR count). The van der Waals surface area contributed by atoms with Gasteiger partial charge in [0, 0.05) is 6.20 Å². The third kappa shape index (κ3) is 2.33. The average Bonchev–Trinajstić information content (AvgIpc) is 2.54. The van der Waals surface area contributed by atoms with E-state index in [1.807, 2.05) is 0 Å². The molecule has 0 N–H and O–H groups in total. The van der Waals surface area contributed by atoms with Crippen LogP contribution in [0.2, 0.25) is 0 Å². The van der Waals surface area contributed by atoms with E-state index in [4.69, 9.17) is 10.00 Å². The van der Waals surface area contributed by atoms with Crippen LogP contribution in [-0.4, -0.2) is 15.5 Å². The quantitative estimate of drug-likeness (QED) is 0.791. The second kappa shape index (κ2) is 5.41. The maximum Gasteiger partial charge on any atom is 0.220 e. The molecule has 0 spiro atoms. The molecule has 0 unspecified atom stereocenters. The summed E-state index contributed by atoms with van der Waals surface area (Å²) < 4.78 is 43.7. The zero-order chi connectivity index (χ0) is 16.6. The molecule has 116 valence electrons. The van der Waals surface area contributed by atoms with Crippen LogP contribution in [-0.2, 0) is 9.84 Å². The highest BCUT2D eigenvalue weighted by Gasteiger charge is 2.33. The van der Waals surface area contributed by atoms with Gasteiger partial charge in [-0.1, -0.05) is 12.1 Å². The number of rotatable bonds is 2. The summed E-state index contributed by atoms with van der Waals surface area (Å²) in [6.07, 6.45) is 1.18. The number of methoxy groups -OCH3 is 1. The molecule has 0 saturated heterocycles. The number of allylic oxidation sites excluding steroid dienone is 1. The highest BCUT2D eigenvalue weighted by Crippen LogP contribution is 2.42. The Balaban J connectivity index is 2.34. The van der Waals surface area contributed by atoms with Crippen molar-refractivity contribution in [2.45, 2.75) is 4.90 Å². The molecular formula is C16H11FN2O3S. The van der Waals surface area contributed by atoms with Gasteiger partial charge in [0.15, 0.2) is 4.91 Å². The number of para-hydroxylation sites is 2. The first kappa shape index (κ1) is 15.1. The first-order valence-electron chi connectivity index (χ1n) is 6.58. The van der Waals surface area contributed by atoms with Crippen LogP contribution in [0.25, 0.3) is 0 Å². The number of ether oxygens (including phenoxy) is 1. The maximum absolute atomic E-state index is 13.7. The minimum Gasteiger partial charge on any atom is -0.495 e. The van der Waals surface area contributed by atoms with Gasteiger partial charge in [-0.3, -0.25) is 0 Å². The lowest BCUT2D eigenvalue weighted by Crippen LogP contribution is -2.21. The molecule has 0 atom stereocenters. The fourth-order valence-electron chi connectivity index (χ4n) is 2.40. The molecule has 0 saturated carbocycles. The first-order chi connectivity index (χ1) is 11.0. The molecule has 0 amide bonds. The summed E-state index contributed by atoms with van der Waals surface area (Å²) in [5.41, 5.74) is 0.637.